The maximum Gasteiger partial charge on any atom is 0.245 e. The van der Waals surface area contributed by atoms with Gasteiger partial charge < -0.3 is 16.0 Å². The number of halogens is 2. The maximum absolute atomic E-state index is 12.4. The highest BCUT2D eigenvalue weighted by Crippen LogP contribution is 2.35. The quantitative estimate of drug-likeness (QED) is 0.590. The van der Waals surface area contributed by atoms with Gasteiger partial charge in [0.2, 0.25) is 5.91 Å². The summed E-state index contributed by atoms with van der Waals surface area (Å²) in [6, 6.07) is 12.7. The number of carbonyl (C=O) groups is 1. The molecule has 1 unspecified atom stereocenters. The molecule has 4 N–H and O–H groups in total. The first kappa shape index (κ1) is 21.2. The van der Waals surface area contributed by atoms with E-state index in [1.165, 1.54) is 19.3 Å². The highest BCUT2D eigenvalue weighted by Gasteiger charge is 2.23. The molecule has 0 radical (unpaired) electrons. The van der Waals surface area contributed by atoms with Gasteiger partial charge in [0.25, 0.3) is 0 Å². The van der Waals surface area contributed by atoms with E-state index in [0.29, 0.717) is 5.92 Å². The summed E-state index contributed by atoms with van der Waals surface area (Å²) in [6.45, 7) is 2.01. The van der Waals surface area contributed by atoms with Crippen molar-refractivity contribution in [3.63, 3.8) is 0 Å². The van der Waals surface area contributed by atoms with Gasteiger partial charge in [0.15, 0.2) is 0 Å². The van der Waals surface area contributed by atoms with Gasteiger partial charge in [-0.2, -0.15) is 0 Å². The Hall–Kier alpha value is -2.08. The molecule has 0 aliphatic heterocycles. The number of aromatic amines is 1. The van der Waals surface area contributed by atoms with Crippen LogP contribution in [0, 0.1) is 6.92 Å². The summed E-state index contributed by atoms with van der Waals surface area (Å²) >= 11 is 0. The number of anilines is 1. The number of hydrogen-bond donors (Lipinski definition) is 3. The average Bonchev–Trinajstić information content (AvgIpc) is 2.95. The Balaban J connectivity index is 0.00000131. The number of rotatable bonds is 4. The first-order valence-corrected chi connectivity index (χ1v) is 8.73. The van der Waals surface area contributed by atoms with E-state index >= 15 is 0 Å². The molecule has 1 heterocycles. The maximum atomic E-state index is 12.4. The summed E-state index contributed by atoms with van der Waals surface area (Å²) in [5.74, 6) is 1.39. The van der Waals surface area contributed by atoms with Gasteiger partial charge in [-0.1, -0.05) is 36.2 Å². The largest absolute Gasteiger partial charge is 0.342 e. The molecule has 2 aromatic carbocycles. The van der Waals surface area contributed by atoms with E-state index in [1.807, 2.05) is 49.4 Å². The first-order valence-electron chi connectivity index (χ1n) is 8.73. The molecular weight excluding hydrogens is 383 g/mol. The van der Waals surface area contributed by atoms with Crippen LogP contribution in [0.5, 0.6) is 0 Å². The summed E-state index contributed by atoms with van der Waals surface area (Å²) in [5, 5.41) is 2.90. The van der Waals surface area contributed by atoms with Gasteiger partial charge >= 0.3 is 0 Å². The monoisotopic (exact) mass is 406 g/mol. The molecule has 3 aromatic rings. The molecule has 27 heavy (non-hydrogen) atoms. The third-order valence-corrected chi connectivity index (χ3v) is 4.98. The molecule has 7 heteroatoms. The number of nitrogens with one attached hydrogen (secondary N) is 2. The molecular formula is C20H24Cl2N4O. The number of nitrogens with zero attached hydrogens (tertiary/aromatic N) is 1. The van der Waals surface area contributed by atoms with Crippen molar-refractivity contribution in [1.82, 2.24) is 9.97 Å². The number of amides is 1. The second-order valence-corrected chi connectivity index (χ2v) is 6.86. The number of aryl methyl sites for hydroxylation is 1. The molecule has 4 rings (SSSR count). The van der Waals surface area contributed by atoms with Crippen molar-refractivity contribution in [2.45, 2.75) is 38.1 Å². The predicted octanol–water partition coefficient (Wildman–Crippen LogP) is 4.62. The Morgan fingerprint density at radius 1 is 1.19 bits per heavy atom. The van der Waals surface area contributed by atoms with Gasteiger partial charge in [-0.15, -0.1) is 24.8 Å². The van der Waals surface area contributed by atoms with Crippen LogP contribution in [-0.4, -0.2) is 15.9 Å². The van der Waals surface area contributed by atoms with E-state index in [1.54, 1.807) is 0 Å². The van der Waals surface area contributed by atoms with Crippen LogP contribution < -0.4 is 11.1 Å². The van der Waals surface area contributed by atoms with Crippen molar-refractivity contribution in [1.29, 1.82) is 0 Å². The van der Waals surface area contributed by atoms with Crippen LogP contribution in [0.1, 0.15) is 48.2 Å². The van der Waals surface area contributed by atoms with Crippen LogP contribution in [-0.2, 0) is 4.79 Å². The summed E-state index contributed by atoms with van der Waals surface area (Å²) < 4.78 is 0. The van der Waals surface area contributed by atoms with E-state index in [0.717, 1.165) is 33.7 Å². The number of aromatic nitrogens is 2. The molecule has 0 saturated heterocycles. The van der Waals surface area contributed by atoms with Crippen molar-refractivity contribution in [3.05, 3.63) is 59.4 Å². The topological polar surface area (TPSA) is 83.8 Å². The Morgan fingerprint density at radius 2 is 1.89 bits per heavy atom. The molecule has 5 nitrogen and oxygen atoms in total. The molecule has 0 spiro atoms. The van der Waals surface area contributed by atoms with Crippen LogP contribution in [0.2, 0.25) is 0 Å². The molecule has 1 atom stereocenters. The standard InChI is InChI=1S/C20H22N4O.2ClH/c1-12-5-7-13(8-6-12)18(21)20(25)22-15-9-10-16-17(11-15)24-19(23-16)14-3-2-4-14;;/h5-11,14,18H,2-4,21H2,1H3,(H,22,25)(H,23,24);2*1H. The van der Waals surface area contributed by atoms with Crippen LogP contribution >= 0.6 is 24.8 Å². The number of nitrogens with two attached hydrogens (primary N) is 1. The predicted molar refractivity (Wildman–Crippen MR) is 114 cm³/mol. The minimum absolute atomic E-state index is 0. The first-order chi connectivity index (χ1) is 12.1. The van der Waals surface area contributed by atoms with Crippen LogP contribution in [0.3, 0.4) is 0 Å². The van der Waals surface area contributed by atoms with E-state index in [4.69, 9.17) is 5.73 Å². The van der Waals surface area contributed by atoms with Crippen molar-refractivity contribution in [3.8, 4) is 0 Å². The van der Waals surface area contributed by atoms with Crippen LogP contribution in [0.4, 0.5) is 5.69 Å². The Morgan fingerprint density at radius 3 is 2.52 bits per heavy atom. The Kier molecular flexibility index (Phi) is 6.87. The minimum Gasteiger partial charge on any atom is -0.342 e. The molecule has 144 valence electrons. The zero-order valence-corrected chi connectivity index (χ0v) is 16.7. The average molecular weight is 407 g/mol. The Bertz CT molecular complexity index is 919. The lowest BCUT2D eigenvalue weighted by Gasteiger charge is -2.22. The summed E-state index contributed by atoms with van der Waals surface area (Å²) in [4.78, 5) is 20.5. The molecule has 1 amide bonds. The summed E-state index contributed by atoms with van der Waals surface area (Å²) in [6.07, 6.45) is 3.68. The Labute approximate surface area is 171 Å². The molecule has 1 aromatic heterocycles. The number of fused-ring (bicyclic) bond motifs is 1. The van der Waals surface area contributed by atoms with Crippen molar-refractivity contribution in [2.75, 3.05) is 5.32 Å². The zero-order chi connectivity index (χ0) is 17.4. The third kappa shape index (κ3) is 4.43. The highest BCUT2D eigenvalue weighted by atomic mass is 35.5. The van der Waals surface area contributed by atoms with Gasteiger partial charge in [-0.05, 0) is 43.5 Å². The second kappa shape index (κ2) is 8.74. The lowest BCUT2D eigenvalue weighted by atomic mass is 9.85. The van der Waals surface area contributed by atoms with Crippen molar-refractivity contribution < 1.29 is 4.79 Å². The molecule has 1 fully saturated rings. The summed E-state index contributed by atoms with van der Waals surface area (Å²) in [5.41, 5.74) is 10.6. The molecule has 0 bridgehead atoms. The van der Waals surface area contributed by atoms with Crippen LogP contribution in [0.15, 0.2) is 42.5 Å². The lowest BCUT2D eigenvalue weighted by Crippen LogP contribution is -2.27. The minimum atomic E-state index is -0.691. The summed E-state index contributed by atoms with van der Waals surface area (Å²) in [7, 11) is 0. The van der Waals surface area contributed by atoms with E-state index in [2.05, 4.69) is 15.3 Å². The van der Waals surface area contributed by atoms with E-state index in [-0.39, 0.29) is 30.7 Å². The van der Waals surface area contributed by atoms with Gasteiger partial charge in [0.05, 0.1) is 11.0 Å². The number of imidazole rings is 1. The van der Waals surface area contributed by atoms with Gasteiger partial charge in [0.1, 0.15) is 11.9 Å². The molecule has 1 aliphatic rings. The normalized spacial score (nSPS) is 14.6. The third-order valence-electron chi connectivity index (χ3n) is 4.98. The second-order valence-electron chi connectivity index (χ2n) is 6.86. The fourth-order valence-corrected chi connectivity index (χ4v) is 3.13. The highest BCUT2D eigenvalue weighted by molar-refractivity contribution is 5.96. The lowest BCUT2D eigenvalue weighted by molar-refractivity contribution is -0.117. The molecule has 1 aliphatic carbocycles. The van der Waals surface area contributed by atoms with Crippen molar-refractivity contribution >= 4 is 47.4 Å². The number of benzene rings is 2. The fraction of sp³-hybridized carbons (Fsp3) is 0.300. The smallest absolute Gasteiger partial charge is 0.245 e. The number of hydrogen-bond acceptors (Lipinski definition) is 3. The van der Waals surface area contributed by atoms with E-state index < -0.39 is 6.04 Å². The van der Waals surface area contributed by atoms with Gasteiger partial charge in [-0.25, -0.2) is 4.98 Å². The van der Waals surface area contributed by atoms with Gasteiger partial charge in [-0.3, -0.25) is 4.79 Å². The SMILES string of the molecule is Cc1ccc(C(N)C(=O)Nc2ccc3nc(C4CCC4)[nH]c3c2)cc1.Cl.Cl. The van der Waals surface area contributed by atoms with Crippen LogP contribution in [0.25, 0.3) is 11.0 Å². The molecule has 1 saturated carbocycles. The fourth-order valence-electron chi connectivity index (χ4n) is 3.13. The zero-order valence-electron chi connectivity index (χ0n) is 15.1. The van der Waals surface area contributed by atoms with E-state index in [9.17, 15) is 4.79 Å². The number of H-pyrrole nitrogens is 1. The number of carbonyl (C=O) groups excluding carboxylic acids is 1. The van der Waals surface area contributed by atoms with Gasteiger partial charge in [0, 0.05) is 11.6 Å². The van der Waals surface area contributed by atoms with Crippen molar-refractivity contribution in [2.24, 2.45) is 5.73 Å².